The molecule has 2 N–H and O–H groups in total. The van der Waals surface area contributed by atoms with E-state index in [1.54, 1.807) is 14.0 Å². The van der Waals surface area contributed by atoms with E-state index in [9.17, 15) is 4.79 Å². The fraction of sp³-hybridized carbons (Fsp3) is 0.500. The first-order valence-electron chi connectivity index (χ1n) is 7.71. The van der Waals surface area contributed by atoms with Crippen LogP contribution in [0.3, 0.4) is 0 Å². The lowest BCUT2D eigenvalue weighted by Gasteiger charge is -2.12. The minimum absolute atomic E-state index is 0.169. The molecule has 0 amide bonds. The van der Waals surface area contributed by atoms with Crippen molar-refractivity contribution in [2.75, 3.05) is 27.0 Å². The number of guanidine groups is 1. The molecule has 0 spiro atoms. The molecule has 1 aliphatic heterocycles. The number of hydrogen-bond donors (Lipinski definition) is 2. The Hall–Kier alpha value is -2.44. The lowest BCUT2D eigenvalue weighted by Crippen LogP contribution is -2.37. The van der Waals surface area contributed by atoms with E-state index in [1.165, 1.54) is 0 Å². The number of ether oxygens (including phenoxy) is 3. The van der Waals surface area contributed by atoms with Crippen LogP contribution in [0.4, 0.5) is 0 Å². The standard InChI is InChI=1S/C16H23N3O4/c1-3-21-15(20)5-4-8-18-16(17-2)19-10-12-6-7-13-14(9-12)23-11-22-13/h6-7,9H,3-5,8,10-11H2,1-2H3,(H2,17,18,19). The van der Waals surface area contributed by atoms with E-state index in [2.05, 4.69) is 15.6 Å². The largest absolute Gasteiger partial charge is 0.466 e. The molecule has 0 fully saturated rings. The van der Waals surface area contributed by atoms with Crippen molar-refractivity contribution in [1.82, 2.24) is 10.6 Å². The van der Waals surface area contributed by atoms with E-state index in [1.807, 2.05) is 18.2 Å². The first-order chi connectivity index (χ1) is 11.2. The van der Waals surface area contributed by atoms with E-state index >= 15 is 0 Å². The van der Waals surface area contributed by atoms with E-state index in [4.69, 9.17) is 14.2 Å². The molecule has 1 heterocycles. The number of fused-ring (bicyclic) bond motifs is 1. The van der Waals surface area contributed by atoms with Crippen LogP contribution < -0.4 is 20.1 Å². The highest BCUT2D eigenvalue weighted by molar-refractivity contribution is 5.79. The summed E-state index contributed by atoms with van der Waals surface area (Å²) in [6.07, 6.45) is 1.10. The van der Waals surface area contributed by atoms with Crippen molar-refractivity contribution < 1.29 is 19.0 Å². The number of rotatable bonds is 7. The molecule has 7 heteroatoms. The molecular formula is C16H23N3O4. The molecule has 0 bridgehead atoms. The SMILES string of the molecule is CCOC(=O)CCCNC(=NC)NCc1ccc2c(c1)OCO2. The number of carbonyl (C=O) groups excluding carboxylic acids is 1. The van der Waals surface area contributed by atoms with Gasteiger partial charge in [-0.3, -0.25) is 9.79 Å². The average molecular weight is 321 g/mol. The van der Waals surface area contributed by atoms with Crippen LogP contribution in [0.15, 0.2) is 23.2 Å². The van der Waals surface area contributed by atoms with E-state index in [0.29, 0.717) is 38.5 Å². The number of hydrogen-bond acceptors (Lipinski definition) is 5. The van der Waals surface area contributed by atoms with Gasteiger partial charge in [0.2, 0.25) is 6.79 Å². The molecule has 126 valence electrons. The third-order valence-corrected chi connectivity index (χ3v) is 3.28. The normalized spacial score (nSPS) is 12.9. The second kappa shape index (κ2) is 8.87. The zero-order valence-electron chi connectivity index (χ0n) is 13.6. The molecule has 1 aromatic carbocycles. The summed E-state index contributed by atoms with van der Waals surface area (Å²) < 4.78 is 15.5. The van der Waals surface area contributed by atoms with Crippen molar-refractivity contribution in [2.45, 2.75) is 26.3 Å². The predicted octanol–water partition coefficient (Wildman–Crippen LogP) is 1.42. The van der Waals surface area contributed by atoms with E-state index in [-0.39, 0.29) is 12.8 Å². The van der Waals surface area contributed by atoms with Crippen molar-refractivity contribution in [2.24, 2.45) is 4.99 Å². The molecule has 1 aliphatic rings. The zero-order chi connectivity index (χ0) is 16.5. The Morgan fingerprint density at radius 3 is 2.91 bits per heavy atom. The molecule has 1 aromatic rings. The molecule has 7 nitrogen and oxygen atoms in total. The second-order valence-electron chi connectivity index (χ2n) is 4.95. The Kier molecular flexibility index (Phi) is 6.53. The molecule has 0 saturated carbocycles. The summed E-state index contributed by atoms with van der Waals surface area (Å²) >= 11 is 0. The maximum Gasteiger partial charge on any atom is 0.305 e. The first kappa shape index (κ1) is 16.9. The van der Waals surface area contributed by atoms with Gasteiger partial charge in [-0.25, -0.2) is 0 Å². The lowest BCUT2D eigenvalue weighted by atomic mass is 10.2. The van der Waals surface area contributed by atoms with Crippen LogP contribution in [0.5, 0.6) is 11.5 Å². The van der Waals surface area contributed by atoms with Gasteiger partial charge < -0.3 is 24.8 Å². The van der Waals surface area contributed by atoms with Gasteiger partial charge in [0, 0.05) is 26.6 Å². The van der Waals surface area contributed by atoms with Crippen molar-refractivity contribution in [3.8, 4) is 11.5 Å². The van der Waals surface area contributed by atoms with Gasteiger partial charge in [-0.15, -0.1) is 0 Å². The summed E-state index contributed by atoms with van der Waals surface area (Å²) in [6, 6.07) is 5.83. The highest BCUT2D eigenvalue weighted by Gasteiger charge is 2.13. The molecule has 0 aliphatic carbocycles. The van der Waals surface area contributed by atoms with Crippen molar-refractivity contribution in [1.29, 1.82) is 0 Å². The Bertz CT molecular complexity index is 560. The van der Waals surface area contributed by atoms with Gasteiger partial charge in [0.25, 0.3) is 0 Å². The number of carbonyl (C=O) groups is 1. The predicted molar refractivity (Wildman–Crippen MR) is 86.6 cm³/mol. The van der Waals surface area contributed by atoms with Crippen LogP contribution in [0.1, 0.15) is 25.3 Å². The summed E-state index contributed by atoms with van der Waals surface area (Å²) in [6.45, 7) is 3.77. The van der Waals surface area contributed by atoms with Crippen molar-refractivity contribution >= 4 is 11.9 Å². The summed E-state index contributed by atoms with van der Waals surface area (Å²) in [5.74, 6) is 2.06. The highest BCUT2D eigenvalue weighted by Crippen LogP contribution is 2.32. The minimum atomic E-state index is -0.169. The third-order valence-electron chi connectivity index (χ3n) is 3.28. The van der Waals surface area contributed by atoms with Gasteiger partial charge in [0.15, 0.2) is 17.5 Å². The zero-order valence-corrected chi connectivity index (χ0v) is 13.6. The Balaban J connectivity index is 1.70. The minimum Gasteiger partial charge on any atom is -0.466 e. The van der Waals surface area contributed by atoms with Gasteiger partial charge >= 0.3 is 5.97 Å². The highest BCUT2D eigenvalue weighted by atomic mass is 16.7. The molecule has 0 atom stereocenters. The third kappa shape index (κ3) is 5.36. The average Bonchev–Trinajstić information content (AvgIpc) is 3.02. The van der Waals surface area contributed by atoms with Gasteiger partial charge in [-0.2, -0.15) is 0 Å². The van der Waals surface area contributed by atoms with Crippen LogP contribution in [-0.4, -0.2) is 38.9 Å². The first-order valence-corrected chi connectivity index (χ1v) is 7.71. The van der Waals surface area contributed by atoms with Crippen molar-refractivity contribution in [3.05, 3.63) is 23.8 Å². The van der Waals surface area contributed by atoms with Crippen LogP contribution in [-0.2, 0) is 16.1 Å². The van der Waals surface area contributed by atoms with Crippen LogP contribution in [0.25, 0.3) is 0 Å². The molecule has 0 aromatic heterocycles. The molecule has 0 unspecified atom stereocenters. The summed E-state index contributed by atoms with van der Waals surface area (Å²) in [5, 5.41) is 6.38. The fourth-order valence-corrected chi connectivity index (χ4v) is 2.13. The number of esters is 1. The maximum absolute atomic E-state index is 11.2. The van der Waals surface area contributed by atoms with Gasteiger partial charge in [-0.1, -0.05) is 6.07 Å². The molecule has 0 radical (unpaired) electrons. The van der Waals surface area contributed by atoms with E-state index in [0.717, 1.165) is 17.1 Å². The summed E-state index contributed by atoms with van der Waals surface area (Å²) in [4.78, 5) is 15.4. The van der Waals surface area contributed by atoms with Crippen LogP contribution >= 0.6 is 0 Å². The fourth-order valence-electron chi connectivity index (χ4n) is 2.13. The monoisotopic (exact) mass is 321 g/mol. The maximum atomic E-state index is 11.2. The second-order valence-corrected chi connectivity index (χ2v) is 4.95. The molecule has 0 saturated heterocycles. The van der Waals surface area contributed by atoms with Gasteiger partial charge in [-0.05, 0) is 31.0 Å². The van der Waals surface area contributed by atoms with E-state index < -0.39 is 0 Å². The van der Waals surface area contributed by atoms with Crippen LogP contribution in [0, 0.1) is 0 Å². The smallest absolute Gasteiger partial charge is 0.305 e. The number of aliphatic imine (C=N–C) groups is 1. The number of nitrogens with one attached hydrogen (secondary N) is 2. The molecule has 2 rings (SSSR count). The van der Waals surface area contributed by atoms with Gasteiger partial charge in [0.05, 0.1) is 6.61 Å². The lowest BCUT2D eigenvalue weighted by molar-refractivity contribution is -0.143. The summed E-state index contributed by atoms with van der Waals surface area (Å²) in [5.41, 5.74) is 1.07. The Labute approximate surface area is 136 Å². The molecule has 23 heavy (non-hydrogen) atoms. The Morgan fingerprint density at radius 2 is 2.13 bits per heavy atom. The molecular weight excluding hydrogens is 298 g/mol. The Morgan fingerprint density at radius 1 is 1.30 bits per heavy atom. The topological polar surface area (TPSA) is 81.2 Å². The summed E-state index contributed by atoms with van der Waals surface area (Å²) in [7, 11) is 1.71. The quantitative estimate of drug-likeness (QED) is 0.342. The number of nitrogens with zero attached hydrogens (tertiary/aromatic N) is 1. The number of benzene rings is 1. The van der Waals surface area contributed by atoms with Gasteiger partial charge in [0.1, 0.15) is 0 Å². The van der Waals surface area contributed by atoms with Crippen LogP contribution in [0.2, 0.25) is 0 Å². The van der Waals surface area contributed by atoms with Crippen molar-refractivity contribution in [3.63, 3.8) is 0 Å².